The Labute approximate surface area is 373 Å². The van der Waals surface area contributed by atoms with Gasteiger partial charge in [0.25, 0.3) is 0 Å². The van der Waals surface area contributed by atoms with Gasteiger partial charge in [-0.2, -0.15) is 0 Å². The molecule has 6 heteroatoms. The molecule has 1 heterocycles. The van der Waals surface area contributed by atoms with E-state index in [2.05, 4.69) is 159 Å². The molecule has 4 aromatic carbocycles. The first-order chi connectivity index (χ1) is 28.1. The van der Waals surface area contributed by atoms with E-state index >= 15 is 0 Å². The van der Waals surface area contributed by atoms with Crippen molar-refractivity contribution < 1.29 is 18.9 Å². The molecule has 0 saturated heterocycles. The molecule has 328 valence electrons. The summed E-state index contributed by atoms with van der Waals surface area (Å²) in [5.74, 6) is 3.83. The zero-order valence-electron chi connectivity index (χ0n) is 40.1. The van der Waals surface area contributed by atoms with Gasteiger partial charge >= 0.3 is 0 Å². The Hall–Kier alpha value is -3.22. The van der Waals surface area contributed by atoms with Crippen LogP contribution in [-0.2, 0) is 34.5 Å². The third-order valence-electron chi connectivity index (χ3n) is 11.0. The highest BCUT2D eigenvalue weighted by Gasteiger charge is 2.30. The van der Waals surface area contributed by atoms with Gasteiger partial charge in [-0.15, -0.1) is 0 Å². The van der Waals surface area contributed by atoms with E-state index in [9.17, 15) is 0 Å². The Bertz CT molecular complexity index is 1710. The molecule has 60 heavy (non-hydrogen) atoms. The van der Waals surface area contributed by atoms with Gasteiger partial charge in [0, 0.05) is 35.1 Å². The molecule has 1 aliphatic rings. The van der Waals surface area contributed by atoms with Crippen molar-refractivity contribution in [2.45, 2.75) is 191 Å². The van der Waals surface area contributed by atoms with E-state index < -0.39 is 0 Å². The lowest BCUT2D eigenvalue weighted by Gasteiger charge is -2.29. The Balaban J connectivity index is 2.02. The number of hydrogen-bond donors (Lipinski definition) is 0. The predicted octanol–water partition coefficient (Wildman–Crippen LogP) is 15.8. The third-order valence-corrected chi connectivity index (χ3v) is 13.1. The second-order valence-corrected chi connectivity index (χ2v) is 23.0. The highest BCUT2D eigenvalue weighted by molar-refractivity contribution is 7.99. The number of hydrogen-bond acceptors (Lipinski definition) is 6. The molecule has 0 atom stereocenters. The van der Waals surface area contributed by atoms with Gasteiger partial charge in [0.15, 0.2) is 0 Å². The minimum Gasteiger partial charge on any atom is -0.492 e. The van der Waals surface area contributed by atoms with Crippen molar-refractivity contribution >= 4 is 23.5 Å². The molecule has 0 aromatic heterocycles. The van der Waals surface area contributed by atoms with Crippen LogP contribution in [0.5, 0.6) is 23.0 Å². The normalized spacial score (nSPS) is 13.6. The SMILES string of the molecule is CCCOc1c2cc(C(C)(C)C)cc1Sc1cc(C(C)(C)C)cc(c1OCCC)Cc1cc(C(C)(C)C)cc(c1OCCC)Sc1cc(C(C)(C)C)cc(c1OCCC)C2. The molecule has 5 rings (SSSR count). The number of rotatable bonds is 12. The van der Waals surface area contributed by atoms with Crippen molar-refractivity contribution in [2.24, 2.45) is 0 Å². The quantitative estimate of drug-likeness (QED) is 0.124. The van der Waals surface area contributed by atoms with Gasteiger partial charge < -0.3 is 18.9 Å². The first-order valence-electron chi connectivity index (χ1n) is 22.6. The van der Waals surface area contributed by atoms with Crippen LogP contribution in [0.15, 0.2) is 68.1 Å². The molecule has 1 aliphatic heterocycles. The predicted molar refractivity (Wildman–Crippen MR) is 258 cm³/mol. The van der Waals surface area contributed by atoms with Gasteiger partial charge in [0.1, 0.15) is 23.0 Å². The molecule has 4 aromatic rings. The molecule has 0 unspecified atom stereocenters. The zero-order valence-corrected chi connectivity index (χ0v) is 41.8. The number of fused-ring (bicyclic) bond motifs is 8. The van der Waals surface area contributed by atoms with Gasteiger partial charge in [-0.05, 0) is 93.9 Å². The summed E-state index contributed by atoms with van der Waals surface area (Å²) in [5, 5.41) is 0. The lowest BCUT2D eigenvalue weighted by Crippen LogP contribution is -2.16. The molecule has 4 nitrogen and oxygen atoms in total. The third kappa shape index (κ3) is 11.6. The van der Waals surface area contributed by atoms with Crippen molar-refractivity contribution in [3.05, 3.63) is 93.0 Å². The van der Waals surface area contributed by atoms with Crippen LogP contribution in [0.2, 0.25) is 0 Å². The van der Waals surface area contributed by atoms with E-state index in [1.807, 2.05) is 0 Å². The lowest BCUT2D eigenvalue weighted by molar-refractivity contribution is 0.301. The lowest BCUT2D eigenvalue weighted by atomic mass is 9.83. The van der Waals surface area contributed by atoms with Crippen LogP contribution in [0.3, 0.4) is 0 Å². The summed E-state index contributed by atoms with van der Waals surface area (Å²) in [7, 11) is 0. The average molecular weight is 853 g/mol. The van der Waals surface area contributed by atoms with E-state index in [0.717, 1.165) is 68.3 Å². The van der Waals surface area contributed by atoms with E-state index in [1.54, 1.807) is 23.5 Å². The van der Waals surface area contributed by atoms with Crippen LogP contribution in [0.1, 0.15) is 181 Å². The fourth-order valence-corrected chi connectivity index (χ4v) is 9.67. The highest BCUT2D eigenvalue weighted by Crippen LogP contribution is 2.51. The molecule has 0 aliphatic carbocycles. The maximum absolute atomic E-state index is 6.92. The topological polar surface area (TPSA) is 36.9 Å². The smallest absolute Gasteiger partial charge is 0.136 e. The first-order valence-corrected chi connectivity index (χ1v) is 24.3. The maximum Gasteiger partial charge on any atom is 0.136 e. The summed E-state index contributed by atoms with van der Waals surface area (Å²) in [6.45, 7) is 39.1. The fourth-order valence-electron chi connectivity index (χ4n) is 7.32. The van der Waals surface area contributed by atoms with Crippen molar-refractivity contribution in [1.82, 2.24) is 0 Å². The van der Waals surface area contributed by atoms with E-state index in [1.165, 1.54) is 44.5 Å². The van der Waals surface area contributed by atoms with Crippen LogP contribution in [0, 0.1) is 0 Å². The monoisotopic (exact) mass is 853 g/mol. The summed E-state index contributed by atoms with van der Waals surface area (Å²) in [6, 6.07) is 19.1. The van der Waals surface area contributed by atoms with E-state index in [4.69, 9.17) is 18.9 Å². The zero-order chi connectivity index (χ0) is 44.2. The Morgan fingerprint density at radius 2 is 0.550 bits per heavy atom. The van der Waals surface area contributed by atoms with E-state index in [-0.39, 0.29) is 21.7 Å². The minimum absolute atomic E-state index is 0.0909. The highest BCUT2D eigenvalue weighted by atomic mass is 32.2. The van der Waals surface area contributed by atoms with Crippen LogP contribution in [0.4, 0.5) is 0 Å². The molecular formula is C54H76O4S2. The molecule has 0 fully saturated rings. The van der Waals surface area contributed by atoms with Gasteiger partial charge in [-0.25, -0.2) is 0 Å². The van der Waals surface area contributed by atoms with Gasteiger partial charge in [-0.1, -0.05) is 159 Å². The largest absolute Gasteiger partial charge is 0.492 e. The second kappa shape index (κ2) is 19.4. The van der Waals surface area contributed by atoms with Crippen LogP contribution < -0.4 is 18.9 Å². The van der Waals surface area contributed by atoms with Crippen LogP contribution in [0.25, 0.3) is 0 Å². The van der Waals surface area contributed by atoms with Gasteiger partial charge in [0.2, 0.25) is 0 Å². The Morgan fingerprint density at radius 3 is 0.717 bits per heavy atom. The average Bonchev–Trinajstić information content (AvgIpc) is 3.14. The molecule has 0 spiro atoms. The number of ether oxygens (including phenoxy) is 4. The van der Waals surface area contributed by atoms with Crippen molar-refractivity contribution in [2.75, 3.05) is 26.4 Å². The van der Waals surface area contributed by atoms with Crippen LogP contribution >= 0.6 is 23.5 Å². The second-order valence-electron chi connectivity index (χ2n) is 20.8. The van der Waals surface area contributed by atoms with Gasteiger partial charge in [0.05, 0.1) is 46.0 Å². The molecule has 0 N–H and O–H groups in total. The van der Waals surface area contributed by atoms with Crippen molar-refractivity contribution in [1.29, 1.82) is 0 Å². The van der Waals surface area contributed by atoms with Crippen molar-refractivity contribution in [3.8, 4) is 23.0 Å². The van der Waals surface area contributed by atoms with Crippen LogP contribution in [-0.4, -0.2) is 26.4 Å². The van der Waals surface area contributed by atoms with E-state index in [0.29, 0.717) is 39.3 Å². The number of benzene rings is 4. The van der Waals surface area contributed by atoms with Gasteiger partial charge in [-0.3, -0.25) is 0 Å². The summed E-state index contributed by atoms with van der Waals surface area (Å²) < 4.78 is 27.7. The fraction of sp³-hybridized carbons (Fsp3) is 0.556. The molecule has 0 amide bonds. The molecule has 0 radical (unpaired) electrons. The maximum atomic E-state index is 6.92. The molecular weight excluding hydrogens is 777 g/mol. The molecule has 0 saturated carbocycles. The summed E-state index contributed by atoms with van der Waals surface area (Å²) in [5.41, 5.74) is 9.50. The molecule has 8 bridgehead atoms. The summed E-state index contributed by atoms with van der Waals surface area (Å²) in [4.78, 5) is 4.49. The summed E-state index contributed by atoms with van der Waals surface area (Å²) in [6.07, 6.45) is 5.02. The standard InChI is InChI=1S/C54H76O4S2/c1-17-21-55-47-35-25-36-28-40(52(8,9)10)33-45(48(36)56-22-18-2)60-46-34-42(54(14,15)16)30-38(50(46)58-24-20-4)26-37-29-41(53(11,12)13)32-44(49(37)57-23-19-3)59-43(47)31-39(27-35)51(5,6)7/h27-34H,17-26H2,1-16H3. The minimum atomic E-state index is -0.0909. The summed E-state index contributed by atoms with van der Waals surface area (Å²) >= 11 is 3.60. The van der Waals surface area contributed by atoms with Crippen molar-refractivity contribution in [3.63, 3.8) is 0 Å². The first kappa shape index (κ1) is 47.8. The Morgan fingerprint density at radius 1 is 0.350 bits per heavy atom. The Kier molecular flexibility index (Phi) is 15.5.